The maximum atomic E-state index is 11.1. The van der Waals surface area contributed by atoms with Gasteiger partial charge in [-0.2, -0.15) is 4.89 Å². The van der Waals surface area contributed by atoms with E-state index in [1.54, 1.807) is 0 Å². The van der Waals surface area contributed by atoms with Crippen molar-refractivity contribution in [1.82, 2.24) is 5.32 Å². The molecule has 1 amide bonds. The summed E-state index contributed by atoms with van der Waals surface area (Å²) < 4.78 is 0. The van der Waals surface area contributed by atoms with Crippen molar-refractivity contribution in [2.75, 3.05) is 13.2 Å². The fraction of sp³-hybridized carbons (Fsp3) is 0.944. The van der Waals surface area contributed by atoms with E-state index in [1.807, 2.05) is 6.92 Å². The molecule has 0 bridgehead atoms. The van der Waals surface area contributed by atoms with Gasteiger partial charge in [0.15, 0.2) is 0 Å². The van der Waals surface area contributed by atoms with E-state index in [1.165, 1.54) is 64.2 Å². The normalized spacial score (nSPS) is 10.6. The highest BCUT2D eigenvalue weighted by Crippen LogP contribution is 2.11. The fourth-order valence-corrected chi connectivity index (χ4v) is 2.35. The molecule has 0 unspecified atom stereocenters. The van der Waals surface area contributed by atoms with Crippen LogP contribution < -0.4 is 5.32 Å². The van der Waals surface area contributed by atoms with Gasteiger partial charge < -0.3 is 5.32 Å². The van der Waals surface area contributed by atoms with Crippen molar-refractivity contribution in [2.45, 2.75) is 97.3 Å². The predicted molar refractivity (Wildman–Crippen MR) is 91.8 cm³/mol. The fourth-order valence-electron chi connectivity index (χ4n) is 2.35. The second kappa shape index (κ2) is 18.3. The zero-order valence-electron chi connectivity index (χ0n) is 14.8. The maximum Gasteiger partial charge on any atom is 0.438 e. The molecule has 0 aromatic rings. The van der Waals surface area contributed by atoms with Crippen LogP contribution in [0.15, 0.2) is 0 Å². The van der Waals surface area contributed by atoms with Crippen molar-refractivity contribution >= 4 is 6.09 Å². The van der Waals surface area contributed by atoms with E-state index < -0.39 is 6.09 Å². The molecule has 0 aliphatic rings. The zero-order chi connectivity index (χ0) is 16.3. The molecule has 4 heteroatoms. The van der Waals surface area contributed by atoms with E-state index in [2.05, 4.69) is 17.1 Å². The second-order valence-corrected chi connectivity index (χ2v) is 6.01. The van der Waals surface area contributed by atoms with Crippen LogP contribution in [0.25, 0.3) is 0 Å². The Hall–Kier alpha value is -0.770. The average Bonchev–Trinajstić information content (AvgIpc) is 2.53. The van der Waals surface area contributed by atoms with E-state index in [0.717, 1.165) is 19.3 Å². The highest BCUT2D eigenvalue weighted by Gasteiger charge is 2.00. The van der Waals surface area contributed by atoms with Crippen LogP contribution in [0.2, 0.25) is 0 Å². The van der Waals surface area contributed by atoms with Gasteiger partial charge in [-0.05, 0) is 12.8 Å². The van der Waals surface area contributed by atoms with Crippen molar-refractivity contribution in [3.8, 4) is 0 Å². The molecule has 0 heterocycles. The predicted octanol–water partition coefficient (Wildman–Crippen LogP) is 5.76. The lowest BCUT2D eigenvalue weighted by molar-refractivity contribution is -0.239. The topological polar surface area (TPSA) is 47.6 Å². The van der Waals surface area contributed by atoms with Crippen molar-refractivity contribution in [3.63, 3.8) is 0 Å². The van der Waals surface area contributed by atoms with Crippen molar-refractivity contribution in [1.29, 1.82) is 0 Å². The summed E-state index contributed by atoms with van der Waals surface area (Å²) in [5.41, 5.74) is 0. The molecule has 0 atom stereocenters. The standard InChI is InChI=1S/C18H37NO3/c1-3-5-6-7-8-9-10-11-12-13-14-15-17-21-22-18(20)19-16-4-2/h3-17H2,1-2H3,(H,19,20). The Morgan fingerprint density at radius 3 is 1.73 bits per heavy atom. The summed E-state index contributed by atoms with van der Waals surface area (Å²) in [7, 11) is 0. The summed E-state index contributed by atoms with van der Waals surface area (Å²) in [6.07, 6.45) is 16.2. The Labute approximate surface area is 137 Å². The Kier molecular flexibility index (Phi) is 17.6. The van der Waals surface area contributed by atoms with Gasteiger partial charge in [0.2, 0.25) is 0 Å². The average molecular weight is 315 g/mol. The van der Waals surface area contributed by atoms with Gasteiger partial charge in [-0.15, -0.1) is 0 Å². The van der Waals surface area contributed by atoms with E-state index >= 15 is 0 Å². The van der Waals surface area contributed by atoms with Crippen LogP contribution in [0.1, 0.15) is 97.3 Å². The summed E-state index contributed by atoms with van der Waals surface area (Å²) >= 11 is 0. The minimum absolute atomic E-state index is 0.485. The van der Waals surface area contributed by atoms with Gasteiger partial charge in [0.25, 0.3) is 0 Å². The van der Waals surface area contributed by atoms with Crippen molar-refractivity contribution < 1.29 is 14.6 Å². The number of carbonyl (C=O) groups excluding carboxylic acids is 1. The van der Waals surface area contributed by atoms with Crippen LogP contribution in [-0.4, -0.2) is 19.2 Å². The molecule has 4 nitrogen and oxygen atoms in total. The van der Waals surface area contributed by atoms with Crippen LogP contribution in [0, 0.1) is 0 Å². The molecular weight excluding hydrogens is 278 g/mol. The molecule has 0 radical (unpaired) electrons. The Bertz CT molecular complexity index is 234. The first kappa shape index (κ1) is 21.2. The molecule has 0 rings (SSSR count). The monoisotopic (exact) mass is 315 g/mol. The Morgan fingerprint density at radius 1 is 0.727 bits per heavy atom. The Balaban J connectivity index is 3.04. The van der Waals surface area contributed by atoms with E-state index in [4.69, 9.17) is 4.89 Å². The lowest BCUT2D eigenvalue weighted by atomic mass is 10.1. The van der Waals surface area contributed by atoms with Crippen LogP contribution in [0.5, 0.6) is 0 Å². The quantitative estimate of drug-likeness (QED) is 0.224. The molecule has 1 N–H and O–H groups in total. The molecule has 0 aliphatic carbocycles. The van der Waals surface area contributed by atoms with Crippen molar-refractivity contribution in [2.24, 2.45) is 0 Å². The van der Waals surface area contributed by atoms with Crippen LogP contribution in [-0.2, 0) is 9.78 Å². The van der Waals surface area contributed by atoms with Gasteiger partial charge in [0.1, 0.15) is 0 Å². The summed E-state index contributed by atoms with van der Waals surface area (Å²) in [5, 5.41) is 2.59. The molecule has 22 heavy (non-hydrogen) atoms. The third kappa shape index (κ3) is 17.3. The maximum absolute atomic E-state index is 11.1. The first-order valence-electron chi connectivity index (χ1n) is 9.38. The summed E-state index contributed by atoms with van der Waals surface area (Å²) in [5.74, 6) is 0. The van der Waals surface area contributed by atoms with Gasteiger partial charge in [0, 0.05) is 6.54 Å². The minimum Gasteiger partial charge on any atom is -0.319 e. The number of hydrogen-bond acceptors (Lipinski definition) is 3. The van der Waals surface area contributed by atoms with Gasteiger partial charge >= 0.3 is 6.09 Å². The zero-order valence-corrected chi connectivity index (χ0v) is 14.8. The number of unbranched alkanes of at least 4 members (excludes halogenated alkanes) is 11. The van der Waals surface area contributed by atoms with E-state index in [-0.39, 0.29) is 0 Å². The van der Waals surface area contributed by atoms with E-state index in [0.29, 0.717) is 13.2 Å². The number of hydrogen-bond donors (Lipinski definition) is 1. The third-order valence-electron chi connectivity index (χ3n) is 3.74. The van der Waals surface area contributed by atoms with Crippen LogP contribution >= 0.6 is 0 Å². The lowest BCUT2D eigenvalue weighted by Crippen LogP contribution is -2.25. The molecule has 0 fully saturated rings. The lowest BCUT2D eigenvalue weighted by Gasteiger charge is -2.05. The first-order valence-corrected chi connectivity index (χ1v) is 9.38. The number of amides is 1. The molecule has 0 saturated carbocycles. The largest absolute Gasteiger partial charge is 0.438 e. The number of rotatable bonds is 16. The SMILES string of the molecule is CCCCCCCCCCCCCCOOC(=O)NCCC. The number of carbonyl (C=O) groups is 1. The van der Waals surface area contributed by atoms with Crippen LogP contribution in [0.3, 0.4) is 0 Å². The van der Waals surface area contributed by atoms with Gasteiger partial charge in [0.05, 0.1) is 6.61 Å². The molecule has 132 valence electrons. The first-order chi connectivity index (χ1) is 10.8. The Morgan fingerprint density at radius 2 is 1.23 bits per heavy atom. The molecule has 0 saturated heterocycles. The molecule has 0 aliphatic heterocycles. The molecule has 0 aromatic heterocycles. The summed E-state index contributed by atoms with van der Waals surface area (Å²) in [6, 6.07) is 0. The smallest absolute Gasteiger partial charge is 0.319 e. The van der Waals surface area contributed by atoms with Gasteiger partial charge in [-0.25, -0.2) is 4.79 Å². The molecule has 0 aromatic carbocycles. The third-order valence-corrected chi connectivity index (χ3v) is 3.74. The van der Waals surface area contributed by atoms with Crippen molar-refractivity contribution in [3.05, 3.63) is 0 Å². The van der Waals surface area contributed by atoms with Gasteiger partial charge in [-0.1, -0.05) is 84.5 Å². The highest BCUT2D eigenvalue weighted by molar-refractivity contribution is 5.66. The van der Waals surface area contributed by atoms with Crippen LogP contribution in [0.4, 0.5) is 4.79 Å². The highest BCUT2D eigenvalue weighted by atomic mass is 17.2. The molecule has 0 spiro atoms. The molecular formula is C18H37NO3. The minimum atomic E-state index is -0.485. The summed E-state index contributed by atoms with van der Waals surface area (Å²) in [6.45, 7) is 5.38. The number of nitrogens with one attached hydrogen (secondary N) is 1. The second-order valence-electron chi connectivity index (χ2n) is 6.01. The van der Waals surface area contributed by atoms with E-state index in [9.17, 15) is 4.79 Å². The van der Waals surface area contributed by atoms with Gasteiger partial charge in [-0.3, -0.25) is 4.89 Å². The summed E-state index contributed by atoms with van der Waals surface area (Å²) in [4.78, 5) is 20.5.